The van der Waals surface area contributed by atoms with Crippen molar-refractivity contribution in [2.45, 2.75) is 63.8 Å². The van der Waals surface area contributed by atoms with Gasteiger partial charge >= 0.3 is 5.97 Å². The van der Waals surface area contributed by atoms with Crippen LogP contribution in [0.2, 0.25) is 0 Å². The summed E-state index contributed by atoms with van der Waals surface area (Å²) >= 11 is 0. The molecule has 0 bridgehead atoms. The van der Waals surface area contributed by atoms with Crippen molar-refractivity contribution in [1.29, 1.82) is 0 Å². The zero-order valence-electron chi connectivity index (χ0n) is 11.9. The third-order valence-corrected chi connectivity index (χ3v) is 3.31. The predicted molar refractivity (Wildman–Crippen MR) is 71.1 cm³/mol. The van der Waals surface area contributed by atoms with Crippen LogP contribution in [0.5, 0.6) is 0 Å². The first-order valence-corrected chi connectivity index (χ1v) is 7.26. The molecule has 0 spiro atoms. The van der Waals surface area contributed by atoms with Gasteiger partial charge in [-0.15, -0.1) is 0 Å². The molecule has 1 fully saturated rings. The van der Waals surface area contributed by atoms with Gasteiger partial charge in [0.05, 0.1) is 6.61 Å². The molecule has 1 saturated heterocycles. The highest BCUT2D eigenvalue weighted by molar-refractivity contribution is 6.09. The third kappa shape index (κ3) is 4.85. The van der Waals surface area contributed by atoms with Crippen molar-refractivity contribution in [2.24, 2.45) is 0 Å². The number of cyclic esters (lactones) is 1. The Morgan fingerprint density at radius 2 is 1.85 bits per heavy atom. The van der Waals surface area contributed by atoms with Crippen molar-refractivity contribution in [3.63, 3.8) is 0 Å². The molecule has 20 heavy (non-hydrogen) atoms. The normalized spacial score (nSPS) is 23.9. The Hall–Kier alpha value is -0.980. The minimum Gasteiger partial charge on any atom is -0.449 e. The van der Waals surface area contributed by atoms with Crippen LogP contribution in [0.4, 0.5) is 0 Å². The van der Waals surface area contributed by atoms with E-state index in [4.69, 9.17) is 14.6 Å². The first kappa shape index (κ1) is 17.1. The van der Waals surface area contributed by atoms with Gasteiger partial charge in [0, 0.05) is 6.61 Å². The number of ketones is 1. The van der Waals surface area contributed by atoms with Gasteiger partial charge in [-0.3, -0.25) is 4.79 Å². The van der Waals surface area contributed by atoms with Gasteiger partial charge in [0.2, 0.25) is 11.9 Å². The highest BCUT2D eigenvalue weighted by Gasteiger charge is 2.47. The lowest BCUT2D eigenvalue weighted by Gasteiger charge is -2.12. The average molecular weight is 288 g/mol. The number of esters is 1. The summed E-state index contributed by atoms with van der Waals surface area (Å²) in [5.74, 6) is -1.39. The Morgan fingerprint density at radius 1 is 1.20 bits per heavy atom. The van der Waals surface area contributed by atoms with Crippen LogP contribution in [0.3, 0.4) is 0 Å². The fourth-order valence-electron chi connectivity index (χ4n) is 2.11. The van der Waals surface area contributed by atoms with E-state index in [0.717, 1.165) is 19.3 Å². The number of carbonyl (C=O) groups is 2. The number of ether oxygens (including phenoxy) is 2. The summed E-state index contributed by atoms with van der Waals surface area (Å²) in [5.41, 5.74) is 0. The minimum atomic E-state index is -1.38. The molecule has 1 heterocycles. The van der Waals surface area contributed by atoms with Crippen LogP contribution in [0, 0.1) is 0 Å². The fourth-order valence-corrected chi connectivity index (χ4v) is 2.11. The maximum Gasteiger partial charge on any atom is 0.344 e. The molecule has 1 unspecified atom stereocenters. The zero-order chi connectivity index (χ0) is 15.0. The molecule has 3 atom stereocenters. The summed E-state index contributed by atoms with van der Waals surface area (Å²) in [6, 6.07) is 0. The Kier molecular flexibility index (Phi) is 7.72. The quantitative estimate of drug-likeness (QED) is 0.347. The van der Waals surface area contributed by atoms with Crippen LogP contribution in [0.15, 0.2) is 0 Å². The van der Waals surface area contributed by atoms with E-state index >= 15 is 0 Å². The number of hydrogen-bond donors (Lipinski definition) is 2. The smallest absolute Gasteiger partial charge is 0.344 e. The molecule has 0 aromatic rings. The Bertz CT molecular complexity index is 317. The SMILES string of the molecule is CCCCCCCCOC1C(=O)O[C@H]([C@@H](O)CO)C1=O. The summed E-state index contributed by atoms with van der Waals surface area (Å²) in [4.78, 5) is 23.2. The molecule has 1 rings (SSSR count). The zero-order valence-corrected chi connectivity index (χ0v) is 11.9. The van der Waals surface area contributed by atoms with Gasteiger partial charge in [0.15, 0.2) is 6.10 Å². The largest absolute Gasteiger partial charge is 0.449 e. The minimum absolute atomic E-state index is 0.319. The molecule has 116 valence electrons. The molecule has 1 aliphatic rings. The van der Waals surface area contributed by atoms with E-state index in [2.05, 4.69) is 6.92 Å². The molecule has 0 aromatic heterocycles. The lowest BCUT2D eigenvalue weighted by molar-refractivity contribution is -0.153. The van der Waals surface area contributed by atoms with Crippen LogP contribution >= 0.6 is 0 Å². The van der Waals surface area contributed by atoms with Gasteiger partial charge in [-0.1, -0.05) is 39.0 Å². The van der Waals surface area contributed by atoms with Gasteiger partial charge in [0.1, 0.15) is 6.10 Å². The Labute approximate surface area is 119 Å². The van der Waals surface area contributed by atoms with Crippen LogP contribution in [-0.4, -0.2) is 53.5 Å². The summed E-state index contributed by atoms with van der Waals surface area (Å²) in [7, 11) is 0. The number of rotatable bonds is 10. The van der Waals surface area contributed by atoms with E-state index in [0.29, 0.717) is 6.61 Å². The van der Waals surface area contributed by atoms with Crippen molar-refractivity contribution < 1.29 is 29.3 Å². The van der Waals surface area contributed by atoms with Crippen molar-refractivity contribution in [3.8, 4) is 0 Å². The number of aliphatic hydroxyl groups excluding tert-OH is 2. The lowest BCUT2D eigenvalue weighted by atomic mass is 10.1. The summed E-state index contributed by atoms with van der Waals surface area (Å²) in [6.07, 6.45) is 2.56. The molecular formula is C14H24O6. The van der Waals surface area contributed by atoms with Crippen LogP contribution in [0.1, 0.15) is 45.4 Å². The molecule has 1 aliphatic heterocycles. The summed E-state index contributed by atoms with van der Waals surface area (Å²) < 4.78 is 9.97. The summed E-state index contributed by atoms with van der Waals surface area (Å²) in [6.45, 7) is 1.84. The standard InChI is InChI=1S/C14H24O6/c1-2-3-4-5-6-7-8-19-13-11(17)12(10(16)9-15)20-14(13)18/h10,12-13,15-16H,2-9H2,1H3/t10-,12+,13?/m0/s1. The van der Waals surface area contributed by atoms with Crippen LogP contribution < -0.4 is 0 Å². The van der Waals surface area contributed by atoms with Crippen molar-refractivity contribution >= 4 is 11.8 Å². The number of hydrogen-bond acceptors (Lipinski definition) is 6. The monoisotopic (exact) mass is 288 g/mol. The van der Waals surface area contributed by atoms with Gasteiger partial charge in [-0.05, 0) is 6.42 Å². The lowest BCUT2D eigenvalue weighted by Crippen LogP contribution is -2.37. The molecule has 0 aromatic carbocycles. The Morgan fingerprint density at radius 3 is 2.50 bits per heavy atom. The van der Waals surface area contributed by atoms with Crippen molar-refractivity contribution in [3.05, 3.63) is 0 Å². The predicted octanol–water partition coefficient (Wildman–Crippen LogP) is 0.580. The van der Waals surface area contributed by atoms with Gasteiger partial charge < -0.3 is 19.7 Å². The van der Waals surface area contributed by atoms with Crippen LogP contribution in [-0.2, 0) is 19.1 Å². The second-order valence-corrected chi connectivity index (χ2v) is 5.03. The third-order valence-electron chi connectivity index (χ3n) is 3.31. The Balaban J connectivity index is 2.23. The van der Waals surface area contributed by atoms with E-state index in [1.54, 1.807) is 0 Å². The summed E-state index contributed by atoms with van der Waals surface area (Å²) in [5, 5.41) is 18.1. The van der Waals surface area contributed by atoms with Crippen molar-refractivity contribution in [1.82, 2.24) is 0 Å². The van der Waals surface area contributed by atoms with Gasteiger partial charge in [-0.25, -0.2) is 4.79 Å². The van der Waals surface area contributed by atoms with E-state index in [-0.39, 0.29) is 0 Å². The first-order valence-electron chi connectivity index (χ1n) is 7.26. The van der Waals surface area contributed by atoms with E-state index in [9.17, 15) is 14.7 Å². The number of Topliss-reactive ketones (excluding diaryl/α,β-unsaturated/α-hetero) is 1. The number of unbranched alkanes of at least 4 members (excludes halogenated alkanes) is 5. The van der Waals surface area contributed by atoms with E-state index in [1.165, 1.54) is 19.3 Å². The first-order chi connectivity index (χ1) is 9.61. The molecule has 0 saturated carbocycles. The average Bonchev–Trinajstić information content (AvgIpc) is 2.73. The van der Waals surface area contributed by atoms with Crippen LogP contribution in [0.25, 0.3) is 0 Å². The highest BCUT2D eigenvalue weighted by Crippen LogP contribution is 2.18. The topological polar surface area (TPSA) is 93.1 Å². The van der Waals surface area contributed by atoms with Gasteiger partial charge in [0.25, 0.3) is 0 Å². The second-order valence-electron chi connectivity index (χ2n) is 5.03. The number of carbonyl (C=O) groups excluding carboxylic acids is 2. The maximum atomic E-state index is 11.8. The van der Waals surface area contributed by atoms with Crippen molar-refractivity contribution in [2.75, 3.05) is 13.2 Å². The molecule has 0 amide bonds. The molecule has 0 aliphatic carbocycles. The second kappa shape index (κ2) is 9.05. The molecular weight excluding hydrogens is 264 g/mol. The number of aliphatic hydroxyl groups is 2. The fraction of sp³-hybridized carbons (Fsp3) is 0.857. The maximum absolute atomic E-state index is 11.8. The molecule has 0 radical (unpaired) electrons. The van der Waals surface area contributed by atoms with Gasteiger partial charge in [-0.2, -0.15) is 0 Å². The molecule has 6 heteroatoms. The molecule has 6 nitrogen and oxygen atoms in total. The van der Waals surface area contributed by atoms with E-state index in [1.807, 2.05) is 0 Å². The highest BCUT2D eigenvalue weighted by atomic mass is 16.6. The molecule has 2 N–H and O–H groups in total. The van der Waals surface area contributed by atoms with E-state index < -0.39 is 36.7 Å².